The predicted molar refractivity (Wildman–Crippen MR) is 250 cm³/mol. The maximum absolute atomic E-state index is 9.12. The quantitative estimate of drug-likeness (QED) is 0.146. The van der Waals surface area contributed by atoms with Crippen LogP contribution in [0.1, 0.15) is 16.7 Å². The van der Waals surface area contributed by atoms with Gasteiger partial charge in [0.1, 0.15) is 0 Å². The van der Waals surface area contributed by atoms with Gasteiger partial charge in [-0.1, -0.05) is 36.4 Å². The van der Waals surface area contributed by atoms with Crippen molar-refractivity contribution in [3.8, 4) is 34.0 Å². The first kappa shape index (κ1) is 38.5. The van der Waals surface area contributed by atoms with Crippen LogP contribution in [0.4, 0.5) is 11.4 Å². The Bertz CT molecular complexity index is 3470. The highest BCUT2D eigenvalue weighted by atomic mass is 15.0. The van der Waals surface area contributed by atoms with Gasteiger partial charge in [-0.05, 0) is 99.8 Å². The molecule has 63 heavy (non-hydrogen) atoms. The Kier molecular flexibility index (Phi) is 10.2. The molecule has 6 aromatic heterocycles. The van der Waals surface area contributed by atoms with E-state index < -0.39 is 0 Å². The van der Waals surface area contributed by atoms with Crippen molar-refractivity contribution in [2.24, 2.45) is 14.1 Å². The number of aromatic nitrogens is 9. The van der Waals surface area contributed by atoms with Gasteiger partial charge >= 0.3 is 0 Å². The Morgan fingerprint density at radius 2 is 1.16 bits per heavy atom. The zero-order chi connectivity index (χ0) is 42.7. The van der Waals surface area contributed by atoms with E-state index in [1.165, 1.54) is 21.8 Å². The number of nitriles is 1. The summed E-state index contributed by atoms with van der Waals surface area (Å²) in [5.74, 6) is 0. The van der Waals surface area contributed by atoms with Gasteiger partial charge in [0.25, 0.3) is 0 Å². The van der Waals surface area contributed by atoms with Gasteiger partial charge in [0, 0.05) is 116 Å². The number of pyridine rings is 1. The van der Waals surface area contributed by atoms with Crippen LogP contribution in [-0.4, -0.2) is 43.6 Å². The average molecular weight is 821 g/mol. The van der Waals surface area contributed by atoms with Crippen LogP contribution in [0.3, 0.4) is 0 Å². The maximum atomic E-state index is 9.12. The first-order valence-corrected chi connectivity index (χ1v) is 20.5. The largest absolute Gasteiger partial charge is 0.381 e. The smallest absolute Gasteiger partial charge is 0.0992 e. The van der Waals surface area contributed by atoms with Crippen LogP contribution < -0.4 is 10.6 Å². The van der Waals surface area contributed by atoms with Gasteiger partial charge in [-0.2, -0.15) is 5.26 Å². The number of imidazole rings is 1. The van der Waals surface area contributed by atoms with E-state index in [0.717, 1.165) is 72.5 Å². The monoisotopic (exact) mass is 820 g/mol. The third-order valence-electron chi connectivity index (χ3n) is 11.2. The number of hydrogen-bond donors (Lipinski definition) is 2. The first-order chi connectivity index (χ1) is 31.0. The number of hydrogen-bond acceptors (Lipinski definition) is 9. The molecule has 0 saturated carbocycles. The fraction of sp³-hybridized carbons (Fsp3) is 0.0784. The van der Waals surface area contributed by atoms with E-state index in [2.05, 4.69) is 149 Å². The Morgan fingerprint density at radius 3 is 1.75 bits per heavy atom. The second kappa shape index (κ2) is 16.8. The van der Waals surface area contributed by atoms with Crippen molar-refractivity contribution in [1.29, 1.82) is 5.26 Å². The minimum Gasteiger partial charge on any atom is -0.381 e. The third-order valence-corrected chi connectivity index (χ3v) is 11.2. The van der Waals surface area contributed by atoms with Crippen molar-refractivity contribution in [1.82, 2.24) is 43.6 Å². The van der Waals surface area contributed by atoms with E-state index in [4.69, 9.17) is 5.26 Å². The molecule has 0 unspecified atom stereocenters. The van der Waals surface area contributed by atoms with E-state index in [-0.39, 0.29) is 0 Å². The van der Waals surface area contributed by atoms with Crippen LogP contribution in [0, 0.1) is 11.3 Å². The minimum absolute atomic E-state index is 0.623. The molecule has 12 heteroatoms. The predicted octanol–water partition coefficient (Wildman–Crippen LogP) is 10.3. The molecule has 6 heterocycles. The maximum Gasteiger partial charge on any atom is 0.0992 e. The molecule has 304 valence electrons. The van der Waals surface area contributed by atoms with Crippen LogP contribution in [0.2, 0.25) is 0 Å². The number of nitrogens with zero attached hydrogens (tertiary/aromatic N) is 10. The summed E-state index contributed by atoms with van der Waals surface area (Å²) >= 11 is 0. The standard InChI is InChI=1S/C26H21N7.C25H19N5/c1-32-8-4-19-2-3-20(11-25(19)32)23-12-21(13-24-26(23)30-6-5-29-24)31-15-18-10-22(16-28-14-18)33-9-7-27-17-33;1-30-10-7-19-5-6-20(12-24(19)30)22-13-21(14-23-25(22)28-9-8-27-23)29-16-18-4-2-3-17(11-18)15-26/h2-14,16-17,31H,15H2,1H3;2-14,29H,16H2,1H3. The summed E-state index contributed by atoms with van der Waals surface area (Å²) in [7, 11) is 4.12. The molecule has 2 N–H and O–H groups in total. The summed E-state index contributed by atoms with van der Waals surface area (Å²) in [5.41, 5.74) is 15.9. The SMILES string of the molecule is Cn1ccc2ccc(-c3cc(NCc4cccc(C#N)c4)cc4nccnc34)cc21.Cn1ccc2ccc(-c3cc(NCc4cncc(-n5ccnc5)c4)cc4nccnc34)cc21. The minimum atomic E-state index is 0.623. The summed E-state index contributed by atoms with van der Waals surface area (Å²) in [6.07, 6.45) is 20.2. The zero-order valence-electron chi connectivity index (χ0n) is 34.6. The van der Waals surface area contributed by atoms with Gasteiger partial charge in [0.05, 0.1) is 51.9 Å². The second-order valence-corrected chi connectivity index (χ2v) is 15.3. The lowest BCUT2D eigenvalue weighted by atomic mass is 10.0. The van der Waals surface area contributed by atoms with Crippen molar-refractivity contribution in [2.45, 2.75) is 13.1 Å². The molecule has 12 nitrogen and oxygen atoms in total. The molecule has 0 spiro atoms. The molecular weight excluding hydrogens is 781 g/mol. The number of rotatable bonds is 9. The fourth-order valence-electron chi connectivity index (χ4n) is 7.94. The number of nitrogens with one attached hydrogen (secondary N) is 2. The summed E-state index contributed by atoms with van der Waals surface area (Å²) in [4.78, 5) is 26.8. The Labute approximate surface area is 362 Å². The molecule has 0 aliphatic carbocycles. The highest BCUT2D eigenvalue weighted by Gasteiger charge is 2.13. The molecule has 0 aliphatic rings. The molecule has 11 aromatic rings. The normalized spacial score (nSPS) is 11.1. The van der Waals surface area contributed by atoms with Gasteiger partial charge < -0.3 is 24.3 Å². The lowest BCUT2D eigenvalue weighted by Gasteiger charge is -2.12. The summed E-state index contributed by atoms with van der Waals surface area (Å²) < 4.78 is 6.20. The highest BCUT2D eigenvalue weighted by molar-refractivity contribution is 5.98. The molecule has 0 amide bonds. The molecule has 0 radical (unpaired) electrons. The van der Waals surface area contributed by atoms with Gasteiger partial charge in [0.2, 0.25) is 0 Å². The van der Waals surface area contributed by atoms with E-state index in [9.17, 15) is 0 Å². The number of anilines is 2. The van der Waals surface area contributed by atoms with Crippen molar-refractivity contribution in [3.05, 3.63) is 188 Å². The lowest BCUT2D eigenvalue weighted by molar-refractivity contribution is 0.969. The molecular formula is C51H40N12. The van der Waals surface area contributed by atoms with Gasteiger partial charge in [-0.25, -0.2) is 4.98 Å². The van der Waals surface area contributed by atoms with Crippen LogP contribution in [0.25, 0.3) is 71.8 Å². The van der Waals surface area contributed by atoms with Crippen LogP contribution >= 0.6 is 0 Å². The van der Waals surface area contributed by atoms with Crippen LogP contribution in [-0.2, 0) is 27.2 Å². The van der Waals surface area contributed by atoms with Crippen molar-refractivity contribution >= 4 is 55.2 Å². The summed E-state index contributed by atoms with van der Waals surface area (Å²) in [5, 5.41) is 18.6. The van der Waals surface area contributed by atoms with Crippen molar-refractivity contribution < 1.29 is 0 Å². The van der Waals surface area contributed by atoms with Crippen molar-refractivity contribution in [2.75, 3.05) is 10.6 Å². The molecule has 0 bridgehead atoms. The Hall–Kier alpha value is -8.69. The molecule has 0 atom stereocenters. The number of fused-ring (bicyclic) bond motifs is 4. The first-order valence-electron chi connectivity index (χ1n) is 20.5. The van der Waals surface area contributed by atoms with Gasteiger partial charge in [0.15, 0.2) is 0 Å². The van der Waals surface area contributed by atoms with E-state index in [1.54, 1.807) is 37.3 Å². The molecule has 0 saturated heterocycles. The lowest BCUT2D eigenvalue weighted by Crippen LogP contribution is -2.02. The average Bonchev–Trinajstić information content (AvgIpc) is 4.11. The van der Waals surface area contributed by atoms with E-state index in [1.807, 2.05) is 59.6 Å². The Morgan fingerprint density at radius 1 is 0.556 bits per heavy atom. The third kappa shape index (κ3) is 8.02. The van der Waals surface area contributed by atoms with Crippen LogP contribution in [0.5, 0.6) is 0 Å². The molecule has 0 aliphatic heterocycles. The Balaban J connectivity index is 0.000000150. The van der Waals surface area contributed by atoms with Gasteiger partial charge in [-0.3, -0.25) is 24.9 Å². The zero-order valence-corrected chi connectivity index (χ0v) is 34.6. The van der Waals surface area contributed by atoms with Gasteiger partial charge in [-0.15, -0.1) is 0 Å². The summed E-state index contributed by atoms with van der Waals surface area (Å²) in [6, 6.07) is 37.5. The van der Waals surface area contributed by atoms with E-state index in [0.29, 0.717) is 18.7 Å². The van der Waals surface area contributed by atoms with Crippen LogP contribution in [0.15, 0.2) is 171 Å². The summed E-state index contributed by atoms with van der Waals surface area (Å²) in [6.45, 7) is 1.26. The fourth-order valence-corrected chi connectivity index (χ4v) is 7.94. The van der Waals surface area contributed by atoms with Crippen molar-refractivity contribution in [3.63, 3.8) is 0 Å². The molecule has 5 aromatic carbocycles. The second-order valence-electron chi connectivity index (χ2n) is 15.3. The number of aryl methyl sites for hydroxylation is 2. The van der Waals surface area contributed by atoms with E-state index >= 15 is 0 Å². The number of benzene rings is 5. The topological polar surface area (TPSA) is 140 Å². The highest BCUT2D eigenvalue weighted by Crippen LogP contribution is 2.34. The molecule has 0 fully saturated rings. The molecule has 11 rings (SSSR count).